The highest BCUT2D eigenvalue weighted by atomic mass is 16.6. The van der Waals surface area contributed by atoms with Crippen LogP contribution >= 0.6 is 0 Å². The predicted molar refractivity (Wildman–Crippen MR) is 66.9 cm³/mol. The largest absolute Gasteiger partial charge is 0.460 e. The van der Waals surface area contributed by atoms with Crippen LogP contribution in [-0.4, -0.2) is 29.8 Å². The van der Waals surface area contributed by atoms with Crippen molar-refractivity contribution in [3.63, 3.8) is 0 Å². The van der Waals surface area contributed by atoms with Gasteiger partial charge in [-0.05, 0) is 31.8 Å². The molecule has 2 aliphatic rings. The van der Waals surface area contributed by atoms with Crippen LogP contribution in [-0.2, 0) is 19.1 Å². The van der Waals surface area contributed by atoms with Crippen LogP contribution in [0.5, 0.6) is 0 Å². The monoisotopic (exact) mass is 268 g/mol. The standard InChI is InChI=1S/C14H20O5/c1-3-18-12(16)10-8-9(2)14(13(17)19-10)7-5-4-6-11(14)15/h8-9,13,17H,3-7H2,1-2H3/t9-,13?,14-/m1/s1. The SMILES string of the molecule is CCOC(=O)C1=C[C@@H](C)[C@@]2(CCCCC2=O)C(O)O1. The Hall–Kier alpha value is -1.36. The summed E-state index contributed by atoms with van der Waals surface area (Å²) in [5.74, 6) is -0.793. The first-order valence-corrected chi connectivity index (χ1v) is 6.79. The first-order chi connectivity index (χ1) is 9.02. The average Bonchev–Trinajstić information content (AvgIpc) is 2.37. The third-order valence-corrected chi connectivity index (χ3v) is 4.13. The molecule has 1 saturated carbocycles. The summed E-state index contributed by atoms with van der Waals surface area (Å²) in [7, 11) is 0. The lowest BCUT2D eigenvalue weighted by atomic mass is 9.64. The molecule has 1 fully saturated rings. The number of hydrogen-bond donors (Lipinski definition) is 1. The lowest BCUT2D eigenvalue weighted by Crippen LogP contribution is -2.52. The second-order valence-electron chi connectivity index (χ2n) is 5.18. The number of hydrogen-bond acceptors (Lipinski definition) is 5. The van der Waals surface area contributed by atoms with E-state index in [0.29, 0.717) is 12.8 Å². The van der Waals surface area contributed by atoms with E-state index in [9.17, 15) is 14.7 Å². The lowest BCUT2D eigenvalue weighted by molar-refractivity contribution is -0.197. The van der Waals surface area contributed by atoms with Crippen molar-refractivity contribution < 1.29 is 24.2 Å². The van der Waals surface area contributed by atoms with Gasteiger partial charge in [0.1, 0.15) is 5.78 Å². The molecule has 1 heterocycles. The maximum atomic E-state index is 12.2. The number of esters is 1. The highest BCUT2D eigenvalue weighted by molar-refractivity contribution is 5.89. The highest BCUT2D eigenvalue weighted by Gasteiger charge is 2.53. The number of Topliss-reactive ketones (excluding diaryl/α,β-unsaturated/α-hetero) is 1. The summed E-state index contributed by atoms with van der Waals surface area (Å²) in [6, 6.07) is 0. The topological polar surface area (TPSA) is 72.8 Å². The van der Waals surface area contributed by atoms with Crippen molar-refractivity contribution in [1.29, 1.82) is 0 Å². The van der Waals surface area contributed by atoms with Gasteiger partial charge in [0.05, 0.1) is 12.0 Å². The van der Waals surface area contributed by atoms with Gasteiger partial charge >= 0.3 is 5.97 Å². The molecular formula is C14H20O5. The first kappa shape index (κ1) is 14.1. The van der Waals surface area contributed by atoms with Crippen molar-refractivity contribution >= 4 is 11.8 Å². The summed E-state index contributed by atoms with van der Waals surface area (Å²) in [5.41, 5.74) is -0.895. The van der Waals surface area contributed by atoms with Crippen molar-refractivity contribution in [2.45, 2.75) is 45.8 Å². The number of carbonyl (C=O) groups excluding carboxylic acids is 2. The molecule has 0 amide bonds. The number of aliphatic hydroxyl groups is 1. The first-order valence-electron chi connectivity index (χ1n) is 6.79. The van der Waals surface area contributed by atoms with Crippen LogP contribution in [0.25, 0.3) is 0 Å². The quantitative estimate of drug-likeness (QED) is 0.769. The molecule has 1 unspecified atom stereocenters. The normalized spacial score (nSPS) is 34.7. The van der Waals surface area contributed by atoms with Crippen LogP contribution in [0.4, 0.5) is 0 Å². The summed E-state index contributed by atoms with van der Waals surface area (Å²) < 4.78 is 10.1. The number of ether oxygens (including phenoxy) is 2. The van der Waals surface area contributed by atoms with E-state index in [2.05, 4.69) is 0 Å². The fourth-order valence-electron chi connectivity index (χ4n) is 3.00. The minimum atomic E-state index is -1.26. The summed E-state index contributed by atoms with van der Waals surface area (Å²) in [6.07, 6.45) is 3.15. The van der Waals surface area contributed by atoms with Gasteiger partial charge in [0.2, 0.25) is 12.0 Å². The van der Waals surface area contributed by atoms with Gasteiger partial charge in [-0.15, -0.1) is 0 Å². The summed E-state index contributed by atoms with van der Waals surface area (Å²) >= 11 is 0. The molecule has 0 radical (unpaired) electrons. The van der Waals surface area contributed by atoms with Gasteiger partial charge in [0.25, 0.3) is 0 Å². The van der Waals surface area contributed by atoms with E-state index in [0.717, 1.165) is 12.8 Å². The molecule has 1 aliphatic carbocycles. The maximum absolute atomic E-state index is 12.2. The molecule has 1 spiro atoms. The summed E-state index contributed by atoms with van der Waals surface area (Å²) in [4.78, 5) is 23.8. The van der Waals surface area contributed by atoms with E-state index in [-0.39, 0.29) is 24.1 Å². The Balaban J connectivity index is 2.27. The van der Waals surface area contributed by atoms with Crippen LogP contribution in [0.3, 0.4) is 0 Å². The van der Waals surface area contributed by atoms with E-state index in [4.69, 9.17) is 9.47 Å². The van der Waals surface area contributed by atoms with Crippen LogP contribution in [0.1, 0.15) is 39.5 Å². The predicted octanol–water partition coefficient (Wildman–Crippen LogP) is 1.55. The zero-order chi connectivity index (χ0) is 14.0. The van der Waals surface area contributed by atoms with E-state index in [1.165, 1.54) is 0 Å². The van der Waals surface area contributed by atoms with Crippen LogP contribution in [0.2, 0.25) is 0 Å². The van der Waals surface area contributed by atoms with Gasteiger partial charge in [0, 0.05) is 6.42 Å². The molecule has 106 valence electrons. The molecule has 0 bridgehead atoms. The number of carbonyl (C=O) groups is 2. The fourth-order valence-corrected chi connectivity index (χ4v) is 3.00. The minimum Gasteiger partial charge on any atom is -0.460 e. The van der Waals surface area contributed by atoms with Gasteiger partial charge in [-0.3, -0.25) is 4.79 Å². The zero-order valence-electron chi connectivity index (χ0n) is 11.3. The number of ketones is 1. The molecule has 0 aromatic rings. The fraction of sp³-hybridized carbons (Fsp3) is 0.714. The van der Waals surface area contributed by atoms with Crippen molar-refractivity contribution in [2.24, 2.45) is 11.3 Å². The van der Waals surface area contributed by atoms with Gasteiger partial charge in [-0.1, -0.05) is 13.3 Å². The zero-order valence-corrected chi connectivity index (χ0v) is 11.3. The van der Waals surface area contributed by atoms with E-state index in [1.54, 1.807) is 13.0 Å². The third kappa shape index (κ3) is 2.27. The molecule has 5 nitrogen and oxygen atoms in total. The molecule has 0 aromatic heterocycles. The molecular weight excluding hydrogens is 248 g/mol. The molecule has 0 saturated heterocycles. The number of allylic oxidation sites excluding steroid dienone is 1. The van der Waals surface area contributed by atoms with E-state index >= 15 is 0 Å². The molecule has 2 rings (SSSR count). The van der Waals surface area contributed by atoms with Crippen molar-refractivity contribution in [2.75, 3.05) is 6.61 Å². The van der Waals surface area contributed by atoms with Gasteiger partial charge in [-0.2, -0.15) is 0 Å². The summed E-state index contributed by atoms with van der Waals surface area (Å²) in [5, 5.41) is 10.2. The van der Waals surface area contributed by atoms with Gasteiger partial charge in [-0.25, -0.2) is 4.79 Å². The molecule has 19 heavy (non-hydrogen) atoms. The van der Waals surface area contributed by atoms with Crippen LogP contribution < -0.4 is 0 Å². The second-order valence-corrected chi connectivity index (χ2v) is 5.18. The van der Waals surface area contributed by atoms with Crippen molar-refractivity contribution in [3.05, 3.63) is 11.8 Å². The van der Waals surface area contributed by atoms with Gasteiger partial charge < -0.3 is 14.6 Å². The number of aliphatic hydroxyl groups excluding tert-OH is 1. The molecule has 5 heteroatoms. The Morgan fingerprint density at radius 2 is 2.32 bits per heavy atom. The highest BCUT2D eigenvalue weighted by Crippen LogP contribution is 2.47. The van der Waals surface area contributed by atoms with Crippen molar-refractivity contribution in [3.8, 4) is 0 Å². The molecule has 1 aliphatic heterocycles. The van der Waals surface area contributed by atoms with Crippen molar-refractivity contribution in [1.82, 2.24) is 0 Å². The molecule has 0 aromatic carbocycles. The average molecular weight is 268 g/mol. The third-order valence-electron chi connectivity index (χ3n) is 4.13. The summed E-state index contributed by atoms with van der Waals surface area (Å²) in [6.45, 7) is 3.79. The molecule has 1 N–H and O–H groups in total. The Bertz CT molecular complexity index is 414. The van der Waals surface area contributed by atoms with E-state index < -0.39 is 17.7 Å². The lowest BCUT2D eigenvalue weighted by Gasteiger charge is -2.45. The van der Waals surface area contributed by atoms with E-state index in [1.807, 2.05) is 6.92 Å². The Morgan fingerprint density at radius 3 is 2.89 bits per heavy atom. The van der Waals surface area contributed by atoms with Crippen LogP contribution in [0, 0.1) is 11.3 Å². The Morgan fingerprint density at radius 1 is 1.58 bits per heavy atom. The smallest absolute Gasteiger partial charge is 0.373 e. The number of rotatable bonds is 2. The Labute approximate surface area is 112 Å². The second kappa shape index (κ2) is 5.33. The van der Waals surface area contributed by atoms with Gasteiger partial charge in [0.15, 0.2) is 0 Å². The Kier molecular flexibility index (Phi) is 3.94. The minimum absolute atomic E-state index is 0.00542. The molecule has 3 atom stereocenters. The maximum Gasteiger partial charge on any atom is 0.373 e. The van der Waals surface area contributed by atoms with Crippen LogP contribution in [0.15, 0.2) is 11.8 Å².